The van der Waals surface area contributed by atoms with Crippen LogP contribution in [-0.2, 0) is 4.74 Å². The molecule has 9 heteroatoms. The fourth-order valence-corrected chi connectivity index (χ4v) is 2.09. The molecule has 3 heterocycles. The molecule has 19 heavy (non-hydrogen) atoms. The molecule has 0 bridgehead atoms. The van der Waals surface area contributed by atoms with Gasteiger partial charge < -0.3 is 20.7 Å². The second kappa shape index (κ2) is 4.30. The molecule has 0 saturated carbocycles. The fraction of sp³-hybridized carbons (Fsp3) is 0.500. The second-order valence-corrected chi connectivity index (χ2v) is 4.23. The lowest BCUT2D eigenvalue weighted by atomic mass is 10.2. The normalized spacial score (nSPS) is 31.8. The zero-order valence-electron chi connectivity index (χ0n) is 10.8. The molecule has 3 atom stereocenters. The molecule has 2 aromatic heterocycles. The molecule has 1 aliphatic heterocycles. The molecular formula is C10H13N5O4. The van der Waals surface area contributed by atoms with Gasteiger partial charge in [0.1, 0.15) is 12.3 Å². The first kappa shape index (κ1) is 10.9. The third kappa shape index (κ3) is 1.87. The summed E-state index contributed by atoms with van der Waals surface area (Å²) in [7, 11) is 0. The number of nitrogens with two attached hydrogens (primary N) is 1. The molecule has 1 fully saturated rings. The Bertz CT molecular complexity index is 711. The van der Waals surface area contributed by atoms with Crippen LogP contribution >= 0.6 is 0 Å². The summed E-state index contributed by atoms with van der Waals surface area (Å²) >= 11 is 0. The third-order valence-corrected chi connectivity index (χ3v) is 3.00. The Hall–Kier alpha value is -1.97. The minimum atomic E-state index is -1.91. The average Bonchev–Trinajstić information content (AvgIpc) is 2.89. The quantitative estimate of drug-likeness (QED) is 0.511. The van der Waals surface area contributed by atoms with Crippen LogP contribution in [0.15, 0.2) is 11.1 Å². The molecule has 3 rings (SSSR count). The van der Waals surface area contributed by atoms with Crippen molar-refractivity contribution < 1.29 is 16.3 Å². The van der Waals surface area contributed by atoms with E-state index < -0.39 is 30.6 Å². The molecule has 0 amide bonds. The second-order valence-electron chi connectivity index (χ2n) is 4.23. The van der Waals surface area contributed by atoms with Gasteiger partial charge in [-0.2, -0.15) is 4.98 Å². The highest BCUT2D eigenvalue weighted by molar-refractivity contribution is 5.70. The number of hydrogen-bond donors (Lipinski definition) is 4. The molecule has 1 saturated heterocycles. The Balaban J connectivity index is 2.06. The molecule has 1 aliphatic rings. The summed E-state index contributed by atoms with van der Waals surface area (Å²) in [4.78, 5) is 21.9. The maximum Gasteiger partial charge on any atom is 0.280 e. The maximum atomic E-state index is 11.7. The molecule has 0 aromatic carbocycles. The van der Waals surface area contributed by atoms with E-state index in [0.717, 1.165) is 0 Å². The van der Waals surface area contributed by atoms with Crippen LogP contribution in [-0.4, -0.2) is 48.5 Å². The molecular weight excluding hydrogens is 254 g/mol. The number of fused-ring (bicyclic) bond motifs is 1. The SMILES string of the molecule is [2H][C@]1(O)C[C@H](n2cnc3c(=O)[nH]c(N)nc32)O[C@@H]1CO. The van der Waals surface area contributed by atoms with Crippen LogP contribution in [0, 0.1) is 0 Å². The lowest BCUT2D eigenvalue weighted by Gasteiger charge is -2.13. The van der Waals surface area contributed by atoms with E-state index in [1.807, 2.05) is 0 Å². The highest BCUT2D eigenvalue weighted by Gasteiger charge is 2.35. The Kier molecular flexibility index (Phi) is 2.47. The zero-order chi connectivity index (χ0) is 14.5. The summed E-state index contributed by atoms with van der Waals surface area (Å²) < 4.78 is 14.5. The number of nitrogens with one attached hydrogen (secondary N) is 1. The number of H-pyrrole nitrogens is 1. The third-order valence-electron chi connectivity index (χ3n) is 3.00. The minimum Gasteiger partial charge on any atom is -0.394 e. The molecule has 0 radical (unpaired) electrons. The average molecular weight is 268 g/mol. The van der Waals surface area contributed by atoms with Gasteiger partial charge in [0.15, 0.2) is 11.2 Å². The van der Waals surface area contributed by atoms with Crippen molar-refractivity contribution in [2.24, 2.45) is 0 Å². The van der Waals surface area contributed by atoms with Crippen LogP contribution in [0.5, 0.6) is 0 Å². The lowest BCUT2D eigenvalue weighted by molar-refractivity contribution is -0.0432. The van der Waals surface area contributed by atoms with Crippen LogP contribution in [0.1, 0.15) is 14.0 Å². The van der Waals surface area contributed by atoms with Gasteiger partial charge in [0.05, 0.1) is 20.4 Å². The Morgan fingerprint density at radius 2 is 2.53 bits per heavy atom. The van der Waals surface area contributed by atoms with Crippen LogP contribution < -0.4 is 11.3 Å². The predicted octanol–water partition coefficient (Wildman–Crippen LogP) is -1.66. The smallest absolute Gasteiger partial charge is 0.280 e. The van der Waals surface area contributed by atoms with Crippen LogP contribution in [0.4, 0.5) is 5.95 Å². The van der Waals surface area contributed by atoms with Crippen molar-refractivity contribution in [3.63, 3.8) is 0 Å². The Morgan fingerprint density at radius 1 is 1.74 bits per heavy atom. The van der Waals surface area contributed by atoms with Gasteiger partial charge in [-0.1, -0.05) is 0 Å². The fourth-order valence-electron chi connectivity index (χ4n) is 2.09. The molecule has 5 N–H and O–H groups in total. The largest absolute Gasteiger partial charge is 0.394 e. The highest BCUT2D eigenvalue weighted by Crippen LogP contribution is 2.30. The predicted molar refractivity (Wildman–Crippen MR) is 64.2 cm³/mol. The highest BCUT2D eigenvalue weighted by atomic mass is 16.5. The molecule has 102 valence electrons. The van der Waals surface area contributed by atoms with Crippen molar-refractivity contribution >= 4 is 17.1 Å². The number of ether oxygens (including phenoxy) is 1. The standard InChI is InChI=1S/C10H13N5O4/c11-10-13-8-7(9(18)14-10)12-3-15(8)6-1-4(17)5(2-16)19-6/h3-6,16-17H,1-2H2,(H3,11,13,14,18)/t4-,5+,6+/m0/s1/i4D. The van der Waals surface area contributed by atoms with Gasteiger partial charge in [0, 0.05) is 6.42 Å². The van der Waals surface area contributed by atoms with Gasteiger partial charge in [-0.15, -0.1) is 0 Å². The van der Waals surface area contributed by atoms with Crippen LogP contribution in [0.25, 0.3) is 11.2 Å². The van der Waals surface area contributed by atoms with Crippen molar-refractivity contribution in [2.45, 2.75) is 24.8 Å². The van der Waals surface area contributed by atoms with Crippen molar-refractivity contribution in [1.29, 1.82) is 0 Å². The van der Waals surface area contributed by atoms with E-state index in [1.165, 1.54) is 10.9 Å². The van der Waals surface area contributed by atoms with E-state index in [2.05, 4.69) is 15.0 Å². The number of hydrogen-bond acceptors (Lipinski definition) is 7. The number of nitrogen functional groups attached to an aromatic ring is 1. The monoisotopic (exact) mass is 268 g/mol. The first-order valence-electron chi connectivity index (χ1n) is 6.13. The van der Waals surface area contributed by atoms with E-state index in [0.29, 0.717) is 0 Å². The number of aliphatic hydroxyl groups is 2. The number of rotatable bonds is 2. The van der Waals surface area contributed by atoms with Gasteiger partial charge in [-0.3, -0.25) is 14.3 Å². The maximum absolute atomic E-state index is 11.7. The van der Waals surface area contributed by atoms with Gasteiger partial charge in [-0.25, -0.2) is 4.98 Å². The number of imidazole rings is 1. The first-order chi connectivity index (χ1) is 9.42. The molecule has 9 nitrogen and oxygen atoms in total. The molecule has 0 aliphatic carbocycles. The van der Waals surface area contributed by atoms with Gasteiger partial charge in [-0.05, 0) is 0 Å². The van der Waals surface area contributed by atoms with Gasteiger partial charge in [0.2, 0.25) is 5.95 Å². The van der Waals surface area contributed by atoms with E-state index in [1.54, 1.807) is 0 Å². The summed E-state index contributed by atoms with van der Waals surface area (Å²) in [5.74, 6) is -0.0675. The molecule has 0 unspecified atom stereocenters. The summed E-state index contributed by atoms with van der Waals surface area (Å²) in [6.07, 6.45) is -2.47. The zero-order valence-corrected chi connectivity index (χ0v) is 9.78. The van der Waals surface area contributed by atoms with Crippen molar-refractivity contribution in [3.8, 4) is 0 Å². The topological polar surface area (TPSA) is 139 Å². The number of aromatic amines is 1. The van der Waals surface area contributed by atoms with E-state index in [9.17, 15) is 9.90 Å². The summed E-state index contributed by atoms with van der Waals surface area (Å²) in [5, 5.41) is 18.9. The van der Waals surface area contributed by atoms with Crippen molar-refractivity contribution in [3.05, 3.63) is 16.7 Å². The van der Waals surface area contributed by atoms with E-state index >= 15 is 0 Å². The Morgan fingerprint density at radius 3 is 3.21 bits per heavy atom. The Labute approximate surface area is 108 Å². The molecule has 2 aromatic rings. The first-order valence-corrected chi connectivity index (χ1v) is 5.63. The summed E-state index contributed by atoms with van der Waals surface area (Å²) in [5.41, 5.74) is 5.29. The lowest BCUT2D eigenvalue weighted by Crippen LogP contribution is -2.24. The van der Waals surface area contributed by atoms with Gasteiger partial charge >= 0.3 is 0 Å². The van der Waals surface area contributed by atoms with E-state index in [4.69, 9.17) is 16.9 Å². The van der Waals surface area contributed by atoms with Gasteiger partial charge in [0.25, 0.3) is 5.56 Å². The summed E-state index contributed by atoms with van der Waals surface area (Å²) in [6.45, 7) is -0.487. The minimum absolute atomic E-state index is 0.0675. The number of aliphatic hydroxyl groups excluding tert-OH is 1. The number of nitrogens with zero attached hydrogens (tertiary/aromatic N) is 3. The molecule has 0 spiro atoms. The number of anilines is 1. The van der Waals surface area contributed by atoms with Crippen molar-refractivity contribution in [2.75, 3.05) is 12.3 Å². The number of aromatic nitrogens is 4. The summed E-state index contributed by atoms with van der Waals surface area (Å²) in [6, 6.07) is 0. The van der Waals surface area contributed by atoms with E-state index in [-0.39, 0.29) is 23.5 Å². The van der Waals surface area contributed by atoms with Crippen molar-refractivity contribution in [1.82, 2.24) is 19.5 Å². The van der Waals surface area contributed by atoms with Crippen LogP contribution in [0.2, 0.25) is 0 Å². The van der Waals surface area contributed by atoms with Crippen LogP contribution in [0.3, 0.4) is 0 Å².